The van der Waals surface area contributed by atoms with E-state index in [9.17, 15) is 14.4 Å². The van der Waals surface area contributed by atoms with Gasteiger partial charge in [0.2, 0.25) is 0 Å². The fourth-order valence-corrected chi connectivity index (χ4v) is 5.98. The summed E-state index contributed by atoms with van der Waals surface area (Å²) in [4.78, 5) is 42.7. The average molecular weight is 680 g/mol. The molecule has 0 bridgehead atoms. The number of rotatable bonds is 14. The predicted octanol–water partition coefficient (Wildman–Crippen LogP) is 4.15. The number of amides is 3. The van der Waals surface area contributed by atoms with Crippen molar-refractivity contribution in [1.82, 2.24) is 15.1 Å². The third-order valence-corrected chi connectivity index (χ3v) is 8.40. The Hall–Kier alpha value is -3.81. The Morgan fingerprint density at radius 1 is 0.867 bits per heavy atom. The molecular weight excluding hydrogens is 644 g/mol. The lowest BCUT2D eigenvalue weighted by molar-refractivity contribution is 0.0340. The van der Waals surface area contributed by atoms with Gasteiger partial charge in [0.05, 0.1) is 46.2 Å². The van der Waals surface area contributed by atoms with Gasteiger partial charge in [0.15, 0.2) is 5.76 Å². The molecular formula is C33H35BrN4O7. The minimum absolute atomic E-state index is 0.136. The molecule has 0 atom stereocenters. The highest BCUT2D eigenvalue weighted by molar-refractivity contribution is 9.10. The zero-order valence-corrected chi connectivity index (χ0v) is 26.4. The van der Waals surface area contributed by atoms with Crippen LogP contribution >= 0.6 is 15.9 Å². The number of ether oxygens (including phenoxy) is 3. The largest absolute Gasteiger partial charge is 0.451 e. The monoisotopic (exact) mass is 678 g/mol. The van der Waals surface area contributed by atoms with E-state index in [-0.39, 0.29) is 43.2 Å². The van der Waals surface area contributed by atoms with Gasteiger partial charge in [-0.15, -0.1) is 0 Å². The van der Waals surface area contributed by atoms with E-state index in [1.54, 1.807) is 24.3 Å². The van der Waals surface area contributed by atoms with E-state index in [4.69, 9.17) is 18.6 Å². The van der Waals surface area contributed by atoms with Crippen LogP contribution in [0.25, 0.3) is 21.7 Å². The molecule has 0 saturated carbocycles. The molecule has 3 aromatic carbocycles. The molecule has 4 aromatic rings. The van der Waals surface area contributed by atoms with Gasteiger partial charge in [0.1, 0.15) is 5.58 Å². The summed E-state index contributed by atoms with van der Waals surface area (Å²) in [5, 5.41) is 8.65. The van der Waals surface area contributed by atoms with E-state index >= 15 is 0 Å². The molecule has 1 fully saturated rings. The first-order chi connectivity index (χ1) is 22.0. The molecule has 0 aliphatic carbocycles. The number of carbonyl (C=O) groups excluding carboxylic acids is 3. The van der Waals surface area contributed by atoms with E-state index in [0.29, 0.717) is 41.9 Å². The number of anilines is 1. The lowest BCUT2D eigenvalue weighted by Gasteiger charge is -2.28. The van der Waals surface area contributed by atoms with E-state index < -0.39 is 0 Å². The maximum absolute atomic E-state index is 13.3. The van der Waals surface area contributed by atoms with Crippen LogP contribution < -0.4 is 10.6 Å². The molecule has 11 nitrogen and oxygen atoms in total. The lowest BCUT2D eigenvalue weighted by atomic mass is 9.93. The molecule has 0 spiro atoms. The highest BCUT2D eigenvalue weighted by Gasteiger charge is 2.33. The number of carbonyl (C=O) groups is 3. The number of morpholine rings is 1. The number of furan rings is 1. The number of hydrogen-bond donors (Lipinski definition) is 2. The topological polar surface area (TPSA) is 123 Å². The molecule has 0 unspecified atom stereocenters. The molecule has 2 aliphatic rings. The van der Waals surface area contributed by atoms with Crippen LogP contribution in [0.4, 0.5) is 5.69 Å². The van der Waals surface area contributed by atoms with Gasteiger partial charge in [-0.25, -0.2) is 0 Å². The van der Waals surface area contributed by atoms with Gasteiger partial charge in [-0.3, -0.25) is 24.2 Å². The van der Waals surface area contributed by atoms with Crippen molar-refractivity contribution in [3.05, 3.63) is 76.0 Å². The summed E-state index contributed by atoms with van der Waals surface area (Å²) in [6, 6.07) is 16.5. The summed E-state index contributed by atoms with van der Waals surface area (Å²) in [6.07, 6.45) is 0. The van der Waals surface area contributed by atoms with Crippen molar-refractivity contribution >= 4 is 61.1 Å². The van der Waals surface area contributed by atoms with Crippen molar-refractivity contribution in [2.75, 3.05) is 84.2 Å². The molecule has 1 aromatic heterocycles. The van der Waals surface area contributed by atoms with Gasteiger partial charge >= 0.3 is 0 Å². The Balaban J connectivity index is 0.924. The van der Waals surface area contributed by atoms with E-state index in [1.807, 2.05) is 30.3 Å². The fraction of sp³-hybridized carbons (Fsp3) is 0.364. The van der Waals surface area contributed by atoms with Crippen molar-refractivity contribution < 1.29 is 33.0 Å². The molecule has 3 heterocycles. The number of hydrogen-bond acceptors (Lipinski definition) is 9. The first-order valence-electron chi connectivity index (χ1n) is 15.1. The van der Waals surface area contributed by atoms with Crippen LogP contribution in [0.3, 0.4) is 0 Å². The second-order valence-corrected chi connectivity index (χ2v) is 11.7. The quantitative estimate of drug-likeness (QED) is 0.150. The Morgan fingerprint density at radius 2 is 1.64 bits per heavy atom. The maximum Gasteiger partial charge on any atom is 0.287 e. The van der Waals surface area contributed by atoms with Crippen LogP contribution in [0.15, 0.2) is 63.5 Å². The highest BCUT2D eigenvalue weighted by Crippen LogP contribution is 2.34. The Bertz CT molecular complexity index is 1680. The third kappa shape index (κ3) is 7.21. The minimum Gasteiger partial charge on any atom is -0.451 e. The smallest absolute Gasteiger partial charge is 0.287 e. The number of benzene rings is 3. The van der Waals surface area contributed by atoms with Crippen LogP contribution in [0.5, 0.6) is 0 Å². The molecule has 45 heavy (non-hydrogen) atoms. The molecule has 2 N–H and O–H groups in total. The fourth-order valence-electron chi connectivity index (χ4n) is 5.60. The molecule has 1 saturated heterocycles. The summed E-state index contributed by atoms with van der Waals surface area (Å²) in [5.41, 5.74) is 2.58. The second kappa shape index (κ2) is 14.5. The number of halogens is 1. The van der Waals surface area contributed by atoms with Crippen molar-refractivity contribution in [3.63, 3.8) is 0 Å². The van der Waals surface area contributed by atoms with Crippen LogP contribution in [-0.2, 0) is 14.2 Å². The molecule has 0 radical (unpaired) electrons. The van der Waals surface area contributed by atoms with Crippen molar-refractivity contribution in [2.45, 2.75) is 0 Å². The highest BCUT2D eigenvalue weighted by atomic mass is 79.9. The number of nitrogens with one attached hydrogen (secondary N) is 2. The molecule has 6 rings (SSSR count). The van der Waals surface area contributed by atoms with Crippen LogP contribution in [-0.4, -0.2) is 106 Å². The zero-order valence-electron chi connectivity index (χ0n) is 24.8. The second-order valence-electron chi connectivity index (χ2n) is 10.8. The van der Waals surface area contributed by atoms with Crippen molar-refractivity contribution in [2.24, 2.45) is 0 Å². The number of nitrogens with zero attached hydrogens (tertiary/aromatic N) is 2. The van der Waals surface area contributed by atoms with Gasteiger partial charge in [0.25, 0.3) is 17.7 Å². The van der Waals surface area contributed by atoms with Gasteiger partial charge in [0, 0.05) is 70.2 Å². The van der Waals surface area contributed by atoms with Gasteiger partial charge < -0.3 is 29.3 Å². The SMILES string of the molecule is O=C(NCCOCCOCCN1C(=O)c2cccc3c(NCCN4CCOCC4)ccc(c23)C1=O)c1cc2cc(Br)ccc2o1. The standard InChI is InChI=1S/C33H35BrN4O7/c34-23-4-7-28-22(20-23)21-29(45-28)31(39)36-9-14-42-18-19-44-17-13-38-32(40)25-3-1-2-24-27(6-5-26(30(24)25)33(38)41)35-8-10-37-11-15-43-16-12-37/h1-7,20-21,35H,8-19H2,(H,36,39). The number of fused-ring (bicyclic) bond motifs is 1. The van der Waals surface area contributed by atoms with Gasteiger partial charge in [-0.2, -0.15) is 0 Å². The van der Waals surface area contributed by atoms with E-state index in [2.05, 4.69) is 31.5 Å². The summed E-state index contributed by atoms with van der Waals surface area (Å²) < 4.78 is 23.1. The van der Waals surface area contributed by atoms with E-state index in [1.165, 1.54) is 4.90 Å². The maximum atomic E-state index is 13.3. The van der Waals surface area contributed by atoms with Crippen molar-refractivity contribution in [3.8, 4) is 0 Å². The summed E-state index contributed by atoms with van der Waals surface area (Å²) in [6.45, 7) is 6.53. The van der Waals surface area contributed by atoms with Crippen LogP contribution in [0.1, 0.15) is 31.3 Å². The van der Waals surface area contributed by atoms with Crippen molar-refractivity contribution in [1.29, 1.82) is 0 Å². The van der Waals surface area contributed by atoms with Gasteiger partial charge in [-0.05, 0) is 42.5 Å². The Labute approximate surface area is 268 Å². The predicted molar refractivity (Wildman–Crippen MR) is 173 cm³/mol. The first-order valence-corrected chi connectivity index (χ1v) is 15.9. The average Bonchev–Trinajstić information content (AvgIpc) is 3.48. The molecule has 2 aliphatic heterocycles. The third-order valence-electron chi connectivity index (χ3n) is 7.90. The van der Waals surface area contributed by atoms with Gasteiger partial charge in [-0.1, -0.05) is 28.1 Å². The number of imide groups is 1. The van der Waals surface area contributed by atoms with Crippen LogP contribution in [0, 0.1) is 0 Å². The first kappa shape index (κ1) is 31.2. The normalized spacial score (nSPS) is 15.3. The van der Waals surface area contributed by atoms with Crippen LogP contribution in [0.2, 0.25) is 0 Å². The Kier molecular flexibility index (Phi) is 10.1. The molecule has 236 valence electrons. The zero-order chi connectivity index (χ0) is 31.2. The van der Waals surface area contributed by atoms with E-state index in [0.717, 1.165) is 60.3 Å². The summed E-state index contributed by atoms with van der Waals surface area (Å²) in [5.74, 6) is -0.720. The minimum atomic E-state index is -0.323. The Morgan fingerprint density at radius 3 is 2.47 bits per heavy atom. The summed E-state index contributed by atoms with van der Waals surface area (Å²) >= 11 is 3.41. The molecule has 3 amide bonds. The molecule has 12 heteroatoms. The lowest BCUT2D eigenvalue weighted by Crippen LogP contribution is -2.42. The summed E-state index contributed by atoms with van der Waals surface area (Å²) in [7, 11) is 0.